The van der Waals surface area contributed by atoms with Crippen LogP contribution in [-0.4, -0.2) is 44.1 Å². The number of likely N-dealkylation sites (tertiary alicyclic amines) is 1. The summed E-state index contributed by atoms with van der Waals surface area (Å²) in [5.41, 5.74) is 1.12. The minimum Gasteiger partial charge on any atom is -0.341 e. The second-order valence-corrected chi connectivity index (χ2v) is 7.65. The first kappa shape index (κ1) is 17.0. The van der Waals surface area contributed by atoms with Crippen LogP contribution in [0.2, 0.25) is 0 Å². The molecule has 6 heteroatoms. The maximum Gasteiger partial charge on any atom is 0.240 e. The van der Waals surface area contributed by atoms with Gasteiger partial charge in [0.1, 0.15) is 0 Å². The first-order valence-corrected chi connectivity index (χ1v) is 9.46. The standard InChI is InChI=1S/C16H24N2O3S/c1-14(16(19)18-11-5-6-12-18)17-22(20,21)13-7-10-15-8-3-2-4-9-15/h2-4,8-9,14,17H,5-7,10-13H2,1H3/t14-/m1/s1. The average Bonchev–Trinajstić information content (AvgIpc) is 3.01. The van der Waals surface area contributed by atoms with Crippen molar-refractivity contribution in [1.29, 1.82) is 0 Å². The number of hydrogen-bond acceptors (Lipinski definition) is 3. The fourth-order valence-corrected chi connectivity index (χ4v) is 3.98. The third kappa shape index (κ3) is 5.10. The van der Waals surface area contributed by atoms with Gasteiger partial charge in [-0.15, -0.1) is 0 Å². The first-order valence-electron chi connectivity index (χ1n) is 7.81. The number of sulfonamides is 1. The maximum atomic E-state index is 12.1. The van der Waals surface area contributed by atoms with E-state index in [9.17, 15) is 13.2 Å². The fourth-order valence-electron chi connectivity index (χ4n) is 2.70. The van der Waals surface area contributed by atoms with Crippen LogP contribution in [-0.2, 0) is 21.2 Å². The topological polar surface area (TPSA) is 66.5 Å². The number of aryl methyl sites for hydroxylation is 1. The fraction of sp³-hybridized carbons (Fsp3) is 0.562. The molecule has 1 aromatic carbocycles. The minimum absolute atomic E-state index is 0.0412. The van der Waals surface area contributed by atoms with Crippen LogP contribution in [0.15, 0.2) is 30.3 Å². The largest absolute Gasteiger partial charge is 0.341 e. The van der Waals surface area contributed by atoms with E-state index in [0.717, 1.165) is 37.9 Å². The Balaban J connectivity index is 1.78. The highest BCUT2D eigenvalue weighted by Crippen LogP contribution is 2.10. The Bertz CT molecular complexity index is 581. The second-order valence-electron chi connectivity index (χ2n) is 5.78. The van der Waals surface area contributed by atoms with Gasteiger partial charge in [-0.05, 0) is 38.2 Å². The third-order valence-electron chi connectivity index (χ3n) is 3.87. The molecule has 1 saturated heterocycles. The van der Waals surface area contributed by atoms with E-state index in [1.54, 1.807) is 11.8 Å². The summed E-state index contributed by atoms with van der Waals surface area (Å²) in [6.07, 6.45) is 3.27. The highest BCUT2D eigenvalue weighted by atomic mass is 32.2. The van der Waals surface area contributed by atoms with Crippen LogP contribution < -0.4 is 4.72 Å². The van der Waals surface area contributed by atoms with Gasteiger partial charge in [0.2, 0.25) is 15.9 Å². The molecule has 1 aliphatic heterocycles. The normalized spacial score (nSPS) is 16.7. The zero-order valence-corrected chi connectivity index (χ0v) is 13.8. The number of nitrogens with one attached hydrogen (secondary N) is 1. The van der Waals surface area contributed by atoms with Gasteiger partial charge in [0.25, 0.3) is 0 Å². The van der Waals surface area contributed by atoms with E-state index in [1.807, 2.05) is 30.3 Å². The lowest BCUT2D eigenvalue weighted by atomic mass is 10.1. The molecule has 0 aliphatic carbocycles. The molecule has 1 amide bonds. The summed E-state index contributed by atoms with van der Waals surface area (Å²) in [6, 6.07) is 9.12. The lowest BCUT2D eigenvalue weighted by molar-refractivity contribution is -0.131. The molecule has 0 radical (unpaired) electrons. The van der Waals surface area contributed by atoms with E-state index in [4.69, 9.17) is 0 Å². The van der Waals surface area contributed by atoms with Gasteiger partial charge in [0, 0.05) is 13.1 Å². The first-order chi connectivity index (χ1) is 10.5. The average molecular weight is 324 g/mol. The molecule has 1 aromatic rings. The summed E-state index contributed by atoms with van der Waals surface area (Å²) in [4.78, 5) is 13.9. The molecule has 1 heterocycles. The lowest BCUT2D eigenvalue weighted by Crippen LogP contribution is -2.46. The minimum atomic E-state index is -3.42. The van der Waals surface area contributed by atoms with Crippen LogP contribution in [0.1, 0.15) is 31.7 Å². The molecule has 2 rings (SSSR count). The molecule has 122 valence electrons. The van der Waals surface area contributed by atoms with Crippen LogP contribution in [0.25, 0.3) is 0 Å². The number of hydrogen-bond donors (Lipinski definition) is 1. The van der Waals surface area contributed by atoms with Gasteiger partial charge < -0.3 is 4.90 Å². The number of carbonyl (C=O) groups excluding carboxylic acids is 1. The number of benzene rings is 1. The molecule has 1 aliphatic rings. The van der Waals surface area contributed by atoms with E-state index in [1.165, 1.54) is 0 Å². The summed E-state index contributed by atoms with van der Waals surface area (Å²) in [6.45, 7) is 3.09. The summed E-state index contributed by atoms with van der Waals surface area (Å²) >= 11 is 0. The van der Waals surface area contributed by atoms with E-state index in [-0.39, 0.29) is 11.7 Å². The molecule has 1 N–H and O–H groups in total. The molecule has 0 spiro atoms. The monoisotopic (exact) mass is 324 g/mol. The SMILES string of the molecule is C[C@@H](NS(=O)(=O)CCCc1ccccc1)C(=O)N1CCCC1. The van der Waals surface area contributed by atoms with Crippen LogP contribution in [0, 0.1) is 0 Å². The van der Waals surface area contributed by atoms with Gasteiger partial charge >= 0.3 is 0 Å². The maximum absolute atomic E-state index is 12.1. The molecule has 0 aromatic heterocycles. The highest BCUT2D eigenvalue weighted by molar-refractivity contribution is 7.89. The van der Waals surface area contributed by atoms with Crippen molar-refractivity contribution in [3.63, 3.8) is 0 Å². The van der Waals surface area contributed by atoms with Crippen molar-refractivity contribution in [3.05, 3.63) is 35.9 Å². The van der Waals surface area contributed by atoms with Crippen molar-refractivity contribution in [2.75, 3.05) is 18.8 Å². The van der Waals surface area contributed by atoms with Crippen LogP contribution >= 0.6 is 0 Å². The number of rotatable bonds is 7. The molecule has 1 fully saturated rings. The van der Waals surface area contributed by atoms with Crippen LogP contribution in [0.3, 0.4) is 0 Å². The van der Waals surface area contributed by atoms with Crippen LogP contribution in [0.5, 0.6) is 0 Å². The van der Waals surface area contributed by atoms with Gasteiger partial charge in [-0.1, -0.05) is 30.3 Å². The highest BCUT2D eigenvalue weighted by Gasteiger charge is 2.26. The van der Waals surface area contributed by atoms with Crippen molar-refractivity contribution in [2.45, 2.75) is 38.6 Å². The van der Waals surface area contributed by atoms with Crippen LogP contribution in [0.4, 0.5) is 0 Å². The third-order valence-corrected chi connectivity index (χ3v) is 5.40. The van der Waals surface area contributed by atoms with Crippen molar-refractivity contribution >= 4 is 15.9 Å². The van der Waals surface area contributed by atoms with Gasteiger partial charge in [-0.2, -0.15) is 0 Å². The number of amides is 1. The van der Waals surface area contributed by atoms with Gasteiger partial charge in [-0.25, -0.2) is 13.1 Å². The number of nitrogens with zero attached hydrogens (tertiary/aromatic N) is 1. The second kappa shape index (κ2) is 7.74. The predicted octanol–water partition coefficient (Wildman–Crippen LogP) is 1.55. The number of carbonyl (C=O) groups is 1. The molecule has 0 unspecified atom stereocenters. The Morgan fingerprint density at radius 1 is 1.23 bits per heavy atom. The van der Waals surface area contributed by atoms with E-state index >= 15 is 0 Å². The zero-order chi connectivity index (χ0) is 16.0. The van der Waals surface area contributed by atoms with Crippen molar-refractivity contribution < 1.29 is 13.2 Å². The van der Waals surface area contributed by atoms with E-state index < -0.39 is 16.1 Å². The Labute approximate surface area is 132 Å². The molecular weight excluding hydrogens is 300 g/mol. The summed E-state index contributed by atoms with van der Waals surface area (Å²) < 4.78 is 26.6. The Morgan fingerprint density at radius 3 is 2.50 bits per heavy atom. The summed E-state index contributed by atoms with van der Waals surface area (Å²) in [5.74, 6) is -0.0800. The molecule has 5 nitrogen and oxygen atoms in total. The van der Waals surface area contributed by atoms with Gasteiger partial charge in [-0.3, -0.25) is 4.79 Å². The Morgan fingerprint density at radius 2 is 1.86 bits per heavy atom. The van der Waals surface area contributed by atoms with E-state index in [2.05, 4.69) is 4.72 Å². The quantitative estimate of drug-likeness (QED) is 0.827. The molecule has 0 bridgehead atoms. The summed E-state index contributed by atoms with van der Waals surface area (Å²) in [7, 11) is -3.42. The smallest absolute Gasteiger partial charge is 0.240 e. The lowest BCUT2D eigenvalue weighted by Gasteiger charge is -2.21. The van der Waals surface area contributed by atoms with Crippen molar-refractivity contribution in [2.24, 2.45) is 0 Å². The van der Waals surface area contributed by atoms with Gasteiger partial charge in [0.05, 0.1) is 11.8 Å². The molecule has 0 saturated carbocycles. The Kier molecular flexibility index (Phi) is 5.97. The zero-order valence-electron chi connectivity index (χ0n) is 13.0. The predicted molar refractivity (Wildman–Crippen MR) is 87.0 cm³/mol. The van der Waals surface area contributed by atoms with Crippen molar-refractivity contribution in [1.82, 2.24) is 9.62 Å². The molecule has 1 atom stereocenters. The van der Waals surface area contributed by atoms with E-state index in [0.29, 0.717) is 6.42 Å². The molecular formula is C16H24N2O3S. The molecule has 22 heavy (non-hydrogen) atoms. The summed E-state index contributed by atoms with van der Waals surface area (Å²) in [5, 5.41) is 0. The van der Waals surface area contributed by atoms with Crippen molar-refractivity contribution in [3.8, 4) is 0 Å². The van der Waals surface area contributed by atoms with Gasteiger partial charge in [0.15, 0.2) is 0 Å². The Hall–Kier alpha value is -1.40.